The molecule has 2 heteroatoms. The van der Waals surface area contributed by atoms with Gasteiger partial charge >= 0.3 is 0 Å². The number of benzene rings is 1. The van der Waals surface area contributed by atoms with Gasteiger partial charge in [-0.1, -0.05) is 24.8 Å². The molecule has 0 spiro atoms. The number of hydrogen-bond acceptors (Lipinski definition) is 2. The zero-order valence-electron chi connectivity index (χ0n) is 8.03. The molecule has 0 aliphatic heterocycles. The van der Waals surface area contributed by atoms with E-state index >= 15 is 0 Å². The van der Waals surface area contributed by atoms with E-state index in [2.05, 4.69) is 29.8 Å². The van der Waals surface area contributed by atoms with Crippen molar-refractivity contribution in [1.82, 2.24) is 0 Å². The van der Waals surface area contributed by atoms with Crippen molar-refractivity contribution in [2.75, 3.05) is 0 Å². The van der Waals surface area contributed by atoms with E-state index in [9.17, 15) is 0 Å². The number of hydrogen-bond donors (Lipinski definition) is 0. The normalized spacial score (nSPS) is 11.2. The summed E-state index contributed by atoms with van der Waals surface area (Å²) in [6, 6.07) is 10.4. The molecule has 0 atom stereocenters. The molecule has 0 saturated carbocycles. The molecule has 0 fully saturated rings. The van der Waals surface area contributed by atoms with E-state index < -0.39 is 0 Å². The van der Waals surface area contributed by atoms with Gasteiger partial charge in [0, 0.05) is 10.9 Å². The van der Waals surface area contributed by atoms with Crippen molar-refractivity contribution in [2.45, 2.75) is 6.92 Å². The summed E-state index contributed by atoms with van der Waals surface area (Å²) in [6.07, 6.45) is 1.80. The molecule has 1 aromatic carbocycles. The minimum atomic E-state index is 0.974. The molecule has 1 aromatic heterocycles. The third-order valence-electron chi connectivity index (χ3n) is 1.82. The van der Waals surface area contributed by atoms with Gasteiger partial charge in [-0.05, 0) is 30.0 Å². The Bertz CT molecular complexity index is 461. The van der Waals surface area contributed by atoms with Crippen LogP contribution in [0.3, 0.4) is 0 Å². The van der Waals surface area contributed by atoms with Crippen molar-refractivity contribution < 1.29 is 0 Å². The van der Waals surface area contributed by atoms with E-state index in [-0.39, 0.29) is 0 Å². The molecule has 2 aromatic rings. The monoisotopic (exact) mass is 201 g/mol. The molecular weight excluding hydrogens is 190 g/mol. The van der Waals surface area contributed by atoms with Crippen LogP contribution in [0.2, 0.25) is 0 Å². The Morgan fingerprint density at radius 1 is 1.43 bits per heavy atom. The maximum Gasteiger partial charge on any atom is 0.117 e. The summed E-state index contributed by atoms with van der Waals surface area (Å²) in [7, 11) is 0. The van der Waals surface area contributed by atoms with Crippen LogP contribution in [0.15, 0.2) is 47.5 Å². The molecule has 70 valence electrons. The van der Waals surface area contributed by atoms with Gasteiger partial charge < -0.3 is 0 Å². The van der Waals surface area contributed by atoms with E-state index in [1.165, 1.54) is 10.1 Å². The fourth-order valence-electron chi connectivity index (χ4n) is 1.21. The van der Waals surface area contributed by atoms with Gasteiger partial charge in [0.25, 0.3) is 0 Å². The lowest BCUT2D eigenvalue weighted by Gasteiger charge is -1.83. The minimum absolute atomic E-state index is 0.974. The number of allylic oxidation sites excluding steroid dienone is 1. The van der Waals surface area contributed by atoms with Crippen molar-refractivity contribution in [3.63, 3.8) is 0 Å². The second kappa shape index (κ2) is 3.76. The van der Waals surface area contributed by atoms with Crippen molar-refractivity contribution in [1.29, 1.82) is 0 Å². The van der Waals surface area contributed by atoms with Gasteiger partial charge in [-0.3, -0.25) is 0 Å². The standard InChI is InChI=1S/C12H11NS/c1-9(2)8-13-12-7-10-5-3-4-6-11(10)14-12/h3-8H,1H2,2H3/b13-8-. The van der Waals surface area contributed by atoms with Crippen molar-refractivity contribution in [2.24, 2.45) is 4.99 Å². The Morgan fingerprint density at radius 3 is 2.93 bits per heavy atom. The minimum Gasteiger partial charge on any atom is -0.246 e. The van der Waals surface area contributed by atoms with Crippen molar-refractivity contribution in [3.05, 3.63) is 42.5 Å². The fourth-order valence-corrected chi connectivity index (χ4v) is 2.11. The fraction of sp³-hybridized carbons (Fsp3) is 0.0833. The molecule has 0 N–H and O–H groups in total. The predicted molar refractivity (Wildman–Crippen MR) is 64.8 cm³/mol. The van der Waals surface area contributed by atoms with Gasteiger partial charge in [0.05, 0.1) is 0 Å². The summed E-state index contributed by atoms with van der Waals surface area (Å²) in [6.45, 7) is 5.72. The highest BCUT2D eigenvalue weighted by molar-refractivity contribution is 7.22. The number of nitrogens with zero attached hydrogens (tertiary/aromatic N) is 1. The van der Waals surface area contributed by atoms with Gasteiger partial charge in [0.2, 0.25) is 0 Å². The Labute approximate surface area is 87.4 Å². The van der Waals surface area contributed by atoms with E-state index in [1.807, 2.05) is 19.1 Å². The lowest BCUT2D eigenvalue weighted by molar-refractivity contribution is 1.59. The highest BCUT2D eigenvalue weighted by Gasteiger charge is 1.97. The average Bonchev–Trinajstić information content (AvgIpc) is 2.57. The quantitative estimate of drug-likeness (QED) is 0.646. The predicted octanol–water partition coefficient (Wildman–Crippen LogP) is 4.18. The smallest absolute Gasteiger partial charge is 0.117 e. The number of rotatable bonds is 2. The van der Waals surface area contributed by atoms with E-state index in [0.717, 1.165) is 10.6 Å². The van der Waals surface area contributed by atoms with Gasteiger partial charge in [-0.15, -0.1) is 11.3 Å². The summed E-state index contributed by atoms with van der Waals surface area (Å²) < 4.78 is 1.28. The molecule has 14 heavy (non-hydrogen) atoms. The van der Waals surface area contributed by atoms with Crippen LogP contribution in [-0.2, 0) is 0 Å². The molecule has 0 radical (unpaired) electrons. The van der Waals surface area contributed by atoms with E-state index in [4.69, 9.17) is 0 Å². The number of aliphatic imine (C=N–C) groups is 1. The number of thiophene rings is 1. The van der Waals surface area contributed by atoms with E-state index in [1.54, 1.807) is 17.6 Å². The van der Waals surface area contributed by atoms with Crippen LogP contribution in [0, 0.1) is 0 Å². The van der Waals surface area contributed by atoms with Gasteiger partial charge in [-0.25, -0.2) is 4.99 Å². The second-order valence-corrected chi connectivity index (χ2v) is 4.29. The summed E-state index contributed by atoms with van der Waals surface area (Å²) in [5.41, 5.74) is 0.974. The first-order valence-electron chi connectivity index (χ1n) is 4.44. The first kappa shape index (κ1) is 9.16. The topological polar surface area (TPSA) is 12.4 Å². The second-order valence-electron chi connectivity index (χ2n) is 3.23. The molecule has 0 unspecified atom stereocenters. The third kappa shape index (κ3) is 1.91. The van der Waals surface area contributed by atoms with Crippen LogP contribution < -0.4 is 0 Å². The summed E-state index contributed by atoms with van der Waals surface area (Å²) >= 11 is 1.70. The highest BCUT2D eigenvalue weighted by Crippen LogP contribution is 2.31. The zero-order chi connectivity index (χ0) is 9.97. The molecule has 2 rings (SSSR count). The molecule has 0 amide bonds. The molecule has 0 bridgehead atoms. The van der Waals surface area contributed by atoms with Gasteiger partial charge in [0.1, 0.15) is 5.00 Å². The largest absolute Gasteiger partial charge is 0.246 e. The molecular formula is C12H11NS. The SMILES string of the molecule is C=C(C)/C=N\c1cc2ccccc2s1. The molecule has 0 aliphatic rings. The Hall–Kier alpha value is -1.41. The molecule has 0 saturated heterocycles. The first-order valence-corrected chi connectivity index (χ1v) is 5.25. The lowest BCUT2D eigenvalue weighted by atomic mass is 10.3. The molecule has 1 nitrogen and oxygen atoms in total. The van der Waals surface area contributed by atoms with Crippen LogP contribution in [-0.4, -0.2) is 6.21 Å². The zero-order valence-corrected chi connectivity index (χ0v) is 8.84. The summed E-state index contributed by atoms with van der Waals surface area (Å²) in [5.74, 6) is 0. The van der Waals surface area contributed by atoms with E-state index in [0.29, 0.717) is 0 Å². The molecule has 1 heterocycles. The van der Waals surface area contributed by atoms with Crippen molar-refractivity contribution in [3.8, 4) is 0 Å². The van der Waals surface area contributed by atoms with Crippen molar-refractivity contribution >= 4 is 32.6 Å². The van der Waals surface area contributed by atoms with Crippen LogP contribution in [0.4, 0.5) is 5.00 Å². The Balaban J connectivity index is 2.40. The maximum absolute atomic E-state index is 4.34. The van der Waals surface area contributed by atoms with Gasteiger partial charge in [-0.2, -0.15) is 0 Å². The average molecular weight is 201 g/mol. The van der Waals surface area contributed by atoms with Crippen LogP contribution in [0.25, 0.3) is 10.1 Å². The Morgan fingerprint density at radius 2 is 2.21 bits per heavy atom. The molecule has 0 aliphatic carbocycles. The van der Waals surface area contributed by atoms with Crippen LogP contribution >= 0.6 is 11.3 Å². The van der Waals surface area contributed by atoms with Crippen LogP contribution in [0.1, 0.15) is 6.92 Å². The van der Waals surface area contributed by atoms with Gasteiger partial charge in [0.15, 0.2) is 0 Å². The third-order valence-corrected chi connectivity index (χ3v) is 2.85. The lowest BCUT2D eigenvalue weighted by Crippen LogP contribution is -1.69. The first-order chi connectivity index (χ1) is 6.75. The highest BCUT2D eigenvalue weighted by atomic mass is 32.1. The summed E-state index contributed by atoms with van der Waals surface area (Å²) in [5, 5.41) is 2.29. The summed E-state index contributed by atoms with van der Waals surface area (Å²) in [4.78, 5) is 4.34. The maximum atomic E-state index is 4.34. The Kier molecular flexibility index (Phi) is 2.46. The number of fused-ring (bicyclic) bond motifs is 1. The van der Waals surface area contributed by atoms with Crippen LogP contribution in [0.5, 0.6) is 0 Å².